The molecule has 2 rings (SSSR count). The van der Waals surface area contributed by atoms with Crippen molar-refractivity contribution >= 4 is 11.0 Å². The van der Waals surface area contributed by atoms with Crippen molar-refractivity contribution < 1.29 is 9.12 Å². The molecule has 0 unspecified atom stereocenters. The van der Waals surface area contributed by atoms with Crippen LogP contribution in [0, 0.1) is 0 Å². The number of hydrogen-bond acceptors (Lipinski definition) is 1. The van der Waals surface area contributed by atoms with Gasteiger partial charge in [0.2, 0.25) is 0 Å². The van der Waals surface area contributed by atoms with Gasteiger partial charge in [-0.2, -0.15) is 0 Å². The Labute approximate surface area is 57.6 Å². The molecular formula is C8H7FO. The lowest BCUT2D eigenvalue weighted by Gasteiger charge is -1.81. The molecule has 0 aliphatic heterocycles. The number of rotatable bonds is 0. The molecule has 2 aromatic rings. The van der Waals surface area contributed by atoms with Crippen molar-refractivity contribution in [3.8, 4) is 0 Å². The molecule has 0 N–H and O–H groups in total. The summed E-state index contributed by atoms with van der Waals surface area (Å²) < 4.78 is 5.12. The van der Waals surface area contributed by atoms with Crippen molar-refractivity contribution in [2.75, 3.05) is 0 Å². The molecule has 1 heterocycles. The summed E-state index contributed by atoms with van der Waals surface area (Å²) in [7, 11) is 0. The van der Waals surface area contributed by atoms with Crippen LogP contribution in [0.3, 0.4) is 0 Å². The molecule has 0 radical (unpaired) electrons. The van der Waals surface area contributed by atoms with E-state index in [2.05, 4.69) is 0 Å². The Morgan fingerprint density at radius 3 is 2.60 bits per heavy atom. The lowest BCUT2D eigenvalue weighted by atomic mass is 10.3. The Hall–Kier alpha value is -1.31. The molecule has 1 nitrogen and oxygen atoms in total. The van der Waals surface area contributed by atoms with Crippen LogP contribution in [0.4, 0.5) is 4.70 Å². The van der Waals surface area contributed by atoms with Gasteiger partial charge in [-0.25, -0.2) is 0 Å². The monoisotopic (exact) mass is 138 g/mol. The van der Waals surface area contributed by atoms with E-state index in [1.165, 1.54) is 0 Å². The normalized spacial score (nSPS) is 9.20. The lowest BCUT2D eigenvalue weighted by Crippen LogP contribution is -1.57. The highest BCUT2D eigenvalue weighted by Gasteiger charge is 1.89. The first-order valence-electron chi connectivity index (χ1n) is 2.89. The first-order valence-corrected chi connectivity index (χ1v) is 2.89. The third-order valence-corrected chi connectivity index (χ3v) is 1.36. The maximum Gasteiger partial charge on any atom is 0.133 e. The van der Waals surface area contributed by atoms with Crippen molar-refractivity contribution in [1.29, 1.82) is 0 Å². The number of benzene rings is 1. The fourth-order valence-corrected chi connectivity index (χ4v) is 0.906. The Morgan fingerprint density at radius 2 is 1.80 bits per heavy atom. The van der Waals surface area contributed by atoms with Crippen LogP contribution < -0.4 is 0 Å². The van der Waals surface area contributed by atoms with E-state index in [1.807, 2.05) is 30.3 Å². The summed E-state index contributed by atoms with van der Waals surface area (Å²) in [5.74, 6) is 0. The molecular weight excluding hydrogens is 131 g/mol. The van der Waals surface area contributed by atoms with Crippen molar-refractivity contribution in [2.24, 2.45) is 0 Å². The molecule has 0 bridgehead atoms. The number of para-hydroxylation sites is 1. The van der Waals surface area contributed by atoms with Crippen molar-refractivity contribution in [3.05, 3.63) is 36.6 Å². The van der Waals surface area contributed by atoms with Gasteiger partial charge < -0.3 is 4.42 Å². The standard InChI is InChI=1S/C8H6O.FH/c1-2-4-8-7(3-1)5-6-9-8;/h1-6H;1H. The summed E-state index contributed by atoms with van der Waals surface area (Å²) in [5, 5.41) is 1.16. The number of fused-ring (bicyclic) bond motifs is 1. The van der Waals surface area contributed by atoms with Crippen LogP contribution in [0.2, 0.25) is 0 Å². The Kier molecular flexibility index (Phi) is 1.71. The predicted molar refractivity (Wildman–Crippen MR) is 38.7 cm³/mol. The molecule has 0 atom stereocenters. The number of furan rings is 1. The van der Waals surface area contributed by atoms with Crippen molar-refractivity contribution in [3.63, 3.8) is 0 Å². The van der Waals surface area contributed by atoms with Gasteiger partial charge in [0.1, 0.15) is 5.58 Å². The maximum absolute atomic E-state index is 5.12. The van der Waals surface area contributed by atoms with E-state index >= 15 is 0 Å². The first kappa shape index (κ1) is 6.81. The van der Waals surface area contributed by atoms with Crippen LogP contribution in [0.5, 0.6) is 0 Å². The molecule has 2 heteroatoms. The highest BCUT2D eigenvalue weighted by atomic mass is 19.0. The van der Waals surface area contributed by atoms with E-state index in [4.69, 9.17) is 4.42 Å². The zero-order valence-electron chi connectivity index (χ0n) is 5.28. The van der Waals surface area contributed by atoms with E-state index < -0.39 is 0 Å². The van der Waals surface area contributed by atoms with Crippen LogP contribution in [0.15, 0.2) is 41.0 Å². The fourth-order valence-electron chi connectivity index (χ4n) is 0.906. The summed E-state index contributed by atoms with van der Waals surface area (Å²) in [4.78, 5) is 0. The Morgan fingerprint density at radius 1 is 1.00 bits per heavy atom. The minimum atomic E-state index is 0. The summed E-state index contributed by atoms with van der Waals surface area (Å²) in [5.41, 5.74) is 0.956. The van der Waals surface area contributed by atoms with Crippen molar-refractivity contribution in [1.82, 2.24) is 0 Å². The van der Waals surface area contributed by atoms with Gasteiger partial charge in [-0.05, 0) is 12.1 Å². The van der Waals surface area contributed by atoms with Crippen LogP contribution in [0.25, 0.3) is 11.0 Å². The molecule has 0 saturated carbocycles. The first-order chi connectivity index (χ1) is 4.47. The van der Waals surface area contributed by atoms with Crippen LogP contribution >= 0.6 is 0 Å². The van der Waals surface area contributed by atoms with Crippen LogP contribution in [-0.4, -0.2) is 0 Å². The molecule has 0 aliphatic carbocycles. The second-order valence-corrected chi connectivity index (χ2v) is 1.96. The molecule has 0 fully saturated rings. The van der Waals surface area contributed by atoms with E-state index in [1.54, 1.807) is 6.26 Å². The van der Waals surface area contributed by atoms with E-state index in [0.717, 1.165) is 11.0 Å². The molecule has 0 saturated heterocycles. The lowest BCUT2D eigenvalue weighted by molar-refractivity contribution is 0.616. The zero-order chi connectivity index (χ0) is 6.10. The Bertz CT molecular complexity index is 283. The zero-order valence-corrected chi connectivity index (χ0v) is 5.28. The molecule has 1 aromatic carbocycles. The smallest absolute Gasteiger partial charge is 0.133 e. The molecule has 1 aromatic heterocycles. The van der Waals surface area contributed by atoms with Gasteiger partial charge in [0.25, 0.3) is 0 Å². The maximum atomic E-state index is 5.12. The van der Waals surface area contributed by atoms with Gasteiger partial charge >= 0.3 is 0 Å². The predicted octanol–water partition coefficient (Wildman–Crippen LogP) is 2.59. The fraction of sp³-hybridized carbons (Fsp3) is 0. The van der Waals surface area contributed by atoms with Gasteiger partial charge in [0, 0.05) is 5.39 Å². The average Bonchev–Trinajstić information content (AvgIpc) is 2.33. The van der Waals surface area contributed by atoms with Crippen LogP contribution in [-0.2, 0) is 0 Å². The summed E-state index contributed by atoms with van der Waals surface area (Å²) in [6.07, 6.45) is 1.70. The van der Waals surface area contributed by atoms with E-state index in [9.17, 15) is 0 Å². The highest BCUT2D eigenvalue weighted by molar-refractivity contribution is 5.76. The SMILES string of the molecule is F.c1ccc2occc2c1. The van der Waals surface area contributed by atoms with Gasteiger partial charge in [-0.15, -0.1) is 0 Å². The van der Waals surface area contributed by atoms with Crippen molar-refractivity contribution in [2.45, 2.75) is 0 Å². The molecule has 52 valence electrons. The largest absolute Gasteiger partial charge is 0.464 e. The van der Waals surface area contributed by atoms with E-state index in [0.29, 0.717) is 0 Å². The van der Waals surface area contributed by atoms with Gasteiger partial charge in [-0.3, -0.25) is 4.70 Å². The van der Waals surface area contributed by atoms with Crippen LogP contribution in [0.1, 0.15) is 0 Å². The second-order valence-electron chi connectivity index (χ2n) is 1.96. The molecule has 0 amide bonds. The molecule has 0 aliphatic rings. The molecule has 10 heavy (non-hydrogen) atoms. The van der Waals surface area contributed by atoms with E-state index in [-0.39, 0.29) is 4.70 Å². The van der Waals surface area contributed by atoms with Gasteiger partial charge in [0.05, 0.1) is 6.26 Å². The summed E-state index contributed by atoms with van der Waals surface area (Å²) in [6, 6.07) is 9.90. The third kappa shape index (κ3) is 0.880. The van der Waals surface area contributed by atoms with Gasteiger partial charge in [-0.1, -0.05) is 18.2 Å². The average molecular weight is 138 g/mol. The third-order valence-electron chi connectivity index (χ3n) is 1.36. The second kappa shape index (κ2) is 2.52. The van der Waals surface area contributed by atoms with Gasteiger partial charge in [0.15, 0.2) is 0 Å². The summed E-state index contributed by atoms with van der Waals surface area (Å²) in [6.45, 7) is 0. The Balaban J connectivity index is 0.000000500. The molecule has 0 spiro atoms. The quantitative estimate of drug-likeness (QED) is 0.545. The topological polar surface area (TPSA) is 13.1 Å². The number of halogens is 1. The summed E-state index contributed by atoms with van der Waals surface area (Å²) >= 11 is 0. The number of hydrogen-bond donors (Lipinski definition) is 0. The minimum Gasteiger partial charge on any atom is -0.464 e. The minimum absolute atomic E-state index is 0. The highest BCUT2D eigenvalue weighted by Crippen LogP contribution is 2.12.